The van der Waals surface area contributed by atoms with Gasteiger partial charge in [0.25, 0.3) is 5.91 Å². The van der Waals surface area contributed by atoms with Crippen LogP contribution in [0.4, 0.5) is 0 Å². The minimum Gasteiger partial charge on any atom is -0.489 e. The molecule has 1 N–H and O–H groups in total. The van der Waals surface area contributed by atoms with Crippen molar-refractivity contribution in [3.05, 3.63) is 83.3 Å². The van der Waals surface area contributed by atoms with E-state index in [1.165, 1.54) is 0 Å². The summed E-state index contributed by atoms with van der Waals surface area (Å²) in [6.45, 7) is 4.00. The van der Waals surface area contributed by atoms with Gasteiger partial charge in [-0.1, -0.05) is 72.9 Å². The van der Waals surface area contributed by atoms with Gasteiger partial charge in [-0.05, 0) is 29.9 Å². The summed E-state index contributed by atoms with van der Waals surface area (Å²) in [4.78, 5) is 25.4. The molecule has 1 heterocycles. The lowest BCUT2D eigenvalue weighted by Gasteiger charge is -2.15. The maximum absolute atomic E-state index is 12.7. The predicted molar refractivity (Wildman–Crippen MR) is 115 cm³/mol. The summed E-state index contributed by atoms with van der Waals surface area (Å²) in [5.41, 5.74) is 4.20. The lowest BCUT2D eigenvalue weighted by atomic mass is 10.1. The van der Waals surface area contributed by atoms with Gasteiger partial charge >= 0.3 is 0 Å². The van der Waals surface area contributed by atoms with E-state index >= 15 is 0 Å². The molecule has 1 fully saturated rings. The molecule has 1 saturated heterocycles. The van der Waals surface area contributed by atoms with Crippen LogP contribution in [0.15, 0.2) is 72.2 Å². The van der Waals surface area contributed by atoms with Crippen molar-refractivity contribution in [2.75, 3.05) is 6.61 Å². The second-order valence-corrected chi connectivity index (χ2v) is 7.53. The Kier molecular flexibility index (Phi) is 6.62. The van der Waals surface area contributed by atoms with Crippen LogP contribution in [-0.4, -0.2) is 27.8 Å². The standard InChI is InChI=1S/C21H18N2O3S2/c1-2-12-26-17-11-7-6-10-16(17)14-18-20(25)23(21(27)28-18)22-19(24)13-15-8-4-3-5-9-15/h2-11,14H,1,12-13H2,(H,22,24). The van der Waals surface area contributed by atoms with E-state index in [2.05, 4.69) is 12.0 Å². The molecular formula is C21H18N2O3S2. The van der Waals surface area contributed by atoms with Gasteiger partial charge in [0, 0.05) is 5.56 Å². The van der Waals surface area contributed by atoms with Gasteiger partial charge < -0.3 is 4.74 Å². The second-order valence-electron chi connectivity index (χ2n) is 5.85. The number of nitrogens with one attached hydrogen (secondary N) is 1. The highest BCUT2D eigenvalue weighted by atomic mass is 32.2. The Labute approximate surface area is 173 Å². The molecule has 0 saturated carbocycles. The first kappa shape index (κ1) is 19.9. The lowest BCUT2D eigenvalue weighted by Crippen LogP contribution is -2.45. The number of thioether (sulfide) groups is 1. The quantitative estimate of drug-likeness (QED) is 0.428. The summed E-state index contributed by atoms with van der Waals surface area (Å²) in [6, 6.07) is 16.7. The molecule has 0 atom stereocenters. The van der Waals surface area contributed by atoms with Gasteiger partial charge in [-0.25, -0.2) is 0 Å². The van der Waals surface area contributed by atoms with Crippen LogP contribution in [-0.2, 0) is 16.0 Å². The monoisotopic (exact) mass is 410 g/mol. The molecule has 142 valence electrons. The Morgan fingerprint density at radius 3 is 2.64 bits per heavy atom. The average molecular weight is 411 g/mol. The number of rotatable bonds is 7. The normalized spacial score (nSPS) is 15.0. The summed E-state index contributed by atoms with van der Waals surface area (Å²) >= 11 is 6.40. The van der Waals surface area contributed by atoms with Crippen molar-refractivity contribution >= 4 is 46.2 Å². The molecule has 7 heteroatoms. The van der Waals surface area contributed by atoms with Crippen LogP contribution in [0.5, 0.6) is 5.75 Å². The molecule has 0 radical (unpaired) electrons. The van der Waals surface area contributed by atoms with Gasteiger partial charge in [-0.15, -0.1) is 0 Å². The first-order valence-corrected chi connectivity index (χ1v) is 9.75. The summed E-state index contributed by atoms with van der Waals surface area (Å²) < 4.78 is 5.90. The van der Waals surface area contributed by atoms with Crippen molar-refractivity contribution in [2.45, 2.75) is 6.42 Å². The smallest absolute Gasteiger partial charge is 0.285 e. The number of hydrazine groups is 1. The molecule has 0 aromatic heterocycles. The van der Waals surface area contributed by atoms with Gasteiger partial charge in [-0.2, -0.15) is 5.01 Å². The van der Waals surface area contributed by atoms with Crippen LogP contribution in [0, 0.1) is 0 Å². The third kappa shape index (κ3) is 4.88. The van der Waals surface area contributed by atoms with Gasteiger partial charge in [0.2, 0.25) is 5.91 Å². The molecule has 5 nitrogen and oxygen atoms in total. The fourth-order valence-corrected chi connectivity index (χ4v) is 3.70. The molecular weight excluding hydrogens is 392 g/mol. The summed E-state index contributed by atoms with van der Waals surface area (Å²) in [6.07, 6.45) is 3.52. The molecule has 2 aromatic rings. The third-order valence-corrected chi connectivity index (χ3v) is 5.10. The van der Waals surface area contributed by atoms with Crippen molar-refractivity contribution in [1.29, 1.82) is 0 Å². The number of thiocarbonyl (C=S) groups is 1. The Balaban J connectivity index is 1.72. The molecule has 0 aliphatic carbocycles. The zero-order valence-electron chi connectivity index (χ0n) is 15.0. The highest BCUT2D eigenvalue weighted by Gasteiger charge is 2.33. The van der Waals surface area contributed by atoms with Crippen molar-refractivity contribution < 1.29 is 14.3 Å². The molecule has 3 rings (SSSR count). The molecule has 2 amide bonds. The van der Waals surface area contributed by atoms with Gasteiger partial charge in [0.15, 0.2) is 4.32 Å². The first-order chi connectivity index (χ1) is 13.6. The lowest BCUT2D eigenvalue weighted by molar-refractivity contribution is -0.132. The van der Waals surface area contributed by atoms with E-state index in [9.17, 15) is 9.59 Å². The van der Waals surface area contributed by atoms with Crippen molar-refractivity contribution in [1.82, 2.24) is 10.4 Å². The Bertz CT molecular complexity index is 942. The fraction of sp³-hybridized carbons (Fsp3) is 0.0952. The number of hydrogen-bond donors (Lipinski definition) is 1. The maximum Gasteiger partial charge on any atom is 0.285 e. The highest BCUT2D eigenvalue weighted by Crippen LogP contribution is 2.33. The number of benzene rings is 2. The minimum atomic E-state index is -0.366. The van der Waals surface area contributed by atoms with E-state index < -0.39 is 0 Å². The van der Waals surface area contributed by atoms with E-state index in [-0.39, 0.29) is 22.6 Å². The van der Waals surface area contributed by atoms with Gasteiger partial charge in [0.05, 0.1) is 11.3 Å². The number of ether oxygens (including phenoxy) is 1. The fourth-order valence-electron chi connectivity index (χ4n) is 2.53. The Morgan fingerprint density at radius 1 is 1.18 bits per heavy atom. The minimum absolute atomic E-state index is 0.162. The number of carbonyl (C=O) groups is 2. The van der Waals surface area contributed by atoms with Gasteiger partial charge in [0.1, 0.15) is 12.4 Å². The number of nitrogens with zero attached hydrogens (tertiary/aromatic N) is 1. The summed E-state index contributed by atoms with van der Waals surface area (Å²) in [5.74, 6) is -0.0332. The Morgan fingerprint density at radius 2 is 1.89 bits per heavy atom. The average Bonchev–Trinajstić information content (AvgIpc) is 2.95. The van der Waals surface area contributed by atoms with E-state index in [0.29, 0.717) is 17.3 Å². The number of para-hydroxylation sites is 1. The SMILES string of the molecule is C=CCOc1ccccc1C=C1SC(=S)N(NC(=O)Cc2ccccc2)C1=O. The zero-order valence-corrected chi connectivity index (χ0v) is 16.6. The Hall–Kier alpha value is -2.90. The maximum atomic E-state index is 12.7. The first-order valence-electron chi connectivity index (χ1n) is 8.52. The molecule has 1 aliphatic heterocycles. The topological polar surface area (TPSA) is 58.6 Å². The van der Waals surface area contributed by atoms with E-state index in [4.69, 9.17) is 17.0 Å². The van der Waals surface area contributed by atoms with E-state index in [1.54, 1.807) is 12.2 Å². The number of carbonyl (C=O) groups excluding carboxylic acids is 2. The summed E-state index contributed by atoms with van der Waals surface area (Å²) in [5, 5.41) is 1.12. The molecule has 2 aromatic carbocycles. The van der Waals surface area contributed by atoms with Gasteiger partial charge in [-0.3, -0.25) is 15.0 Å². The molecule has 28 heavy (non-hydrogen) atoms. The van der Waals surface area contributed by atoms with E-state index in [1.807, 2.05) is 54.6 Å². The third-order valence-electron chi connectivity index (χ3n) is 3.80. The van der Waals surface area contributed by atoms with Crippen molar-refractivity contribution in [3.8, 4) is 5.75 Å². The molecule has 1 aliphatic rings. The second kappa shape index (κ2) is 9.34. The molecule has 0 unspecified atom stereocenters. The van der Waals surface area contributed by atoms with Crippen molar-refractivity contribution in [3.63, 3.8) is 0 Å². The van der Waals surface area contributed by atoms with Crippen LogP contribution >= 0.6 is 24.0 Å². The van der Waals surface area contributed by atoms with Crippen molar-refractivity contribution in [2.24, 2.45) is 0 Å². The predicted octanol–water partition coefficient (Wildman–Crippen LogP) is 3.73. The number of amides is 2. The van der Waals surface area contributed by atoms with Crippen LogP contribution in [0.2, 0.25) is 0 Å². The number of hydrogen-bond acceptors (Lipinski definition) is 5. The zero-order chi connectivity index (χ0) is 19.9. The van der Waals surface area contributed by atoms with Crippen LogP contribution < -0.4 is 10.2 Å². The summed E-state index contributed by atoms with van der Waals surface area (Å²) in [7, 11) is 0. The highest BCUT2D eigenvalue weighted by molar-refractivity contribution is 8.26. The largest absolute Gasteiger partial charge is 0.489 e. The van der Waals surface area contributed by atoms with Crippen LogP contribution in [0.1, 0.15) is 11.1 Å². The van der Waals surface area contributed by atoms with Crippen LogP contribution in [0.3, 0.4) is 0 Å². The molecule has 0 bridgehead atoms. The van der Waals surface area contributed by atoms with Crippen LogP contribution in [0.25, 0.3) is 6.08 Å². The molecule has 0 spiro atoms. The van der Waals surface area contributed by atoms with E-state index in [0.717, 1.165) is 27.9 Å².